The zero-order valence-corrected chi connectivity index (χ0v) is 10.2. The summed E-state index contributed by atoms with van der Waals surface area (Å²) in [5.74, 6) is 0.384. The minimum atomic E-state index is 0.384. The molecular formula is C13H12OSe. The Labute approximate surface area is 94.9 Å². The van der Waals surface area contributed by atoms with Crippen LogP contribution in [0.25, 0.3) is 9.65 Å². The summed E-state index contributed by atoms with van der Waals surface area (Å²) in [6.07, 6.45) is 4.17. The van der Waals surface area contributed by atoms with Crippen molar-refractivity contribution >= 4 is 29.9 Å². The van der Waals surface area contributed by atoms with Crippen LogP contribution >= 0.6 is 0 Å². The molecule has 15 heavy (non-hydrogen) atoms. The third kappa shape index (κ3) is 1.49. The summed E-state index contributed by atoms with van der Waals surface area (Å²) in [5.41, 5.74) is 1.09. The van der Waals surface area contributed by atoms with Gasteiger partial charge in [0, 0.05) is 0 Å². The Kier molecular flexibility index (Phi) is 2.27. The van der Waals surface area contributed by atoms with Crippen LogP contribution in [0.15, 0.2) is 24.3 Å². The van der Waals surface area contributed by atoms with E-state index in [1.165, 1.54) is 20.5 Å². The van der Waals surface area contributed by atoms with E-state index in [9.17, 15) is 4.79 Å². The molecule has 0 bridgehead atoms. The molecule has 76 valence electrons. The van der Waals surface area contributed by atoms with Crippen LogP contribution in [0.2, 0.25) is 0 Å². The molecule has 0 unspecified atom stereocenters. The number of carbonyl (C=O) groups excluding carboxylic acids is 1. The molecule has 1 aliphatic rings. The molecule has 1 aromatic heterocycles. The van der Waals surface area contributed by atoms with Crippen molar-refractivity contribution in [1.29, 1.82) is 0 Å². The van der Waals surface area contributed by atoms with Crippen LogP contribution in [0.1, 0.15) is 34.1 Å². The molecule has 1 heterocycles. The standard InChI is InChI=1S/C13H12OSe/c14-10-6-2-4-8-12-13(10)9-5-1-3-7-11(9)15-12/h1,3,5,7H,2,4,6,8H2. The minimum absolute atomic E-state index is 0.384. The van der Waals surface area contributed by atoms with E-state index < -0.39 is 0 Å². The molecule has 0 spiro atoms. The van der Waals surface area contributed by atoms with Crippen LogP contribution in [0.3, 0.4) is 0 Å². The fraction of sp³-hybridized carbons (Fsp3) is 0.308. The van der Waals surface area contributed by atoms with Gasteiger partial charge in [-0.2, -0.15) is 0 Å². The van der Waals surface area contributed by atoms with Gasteiger partial charge in [-0.3, -0.25) is 0 Å². The van der Waals surface area contributed by atoms with Crippen molar-refractivity contribution in [3.05, 3.63) is 34.3 Å². The summed E-state index contributed by atoms with van der Waals surface area (Å²) in [7, 11) is 0. The molecule has 0 saturated heterocycles. The molecule has 0 radical (unpaired) electrons. The molecule has 1 aliphatic carbocycles. The van der Waals surface area contributed by atoms with Crippen molar-refractivity contribution < 1.29 is 4.79 Å². The van der Waals surface area contributed by atoms with Crippen LogP contribution in [0.5, 0.6) is 0 Å². The molecule has 0 atom stereocenters. The Balaban J connectivity index is 2.32. The topological polar surface area (TPSA) is 17.1 Å². The Morgan fingerprint density at radius 2 is 1.87 bits per heavy atom. The van der Waals surface area contributed by atoms with Gasteiger partial charge >= 0.3 is 94.7 Å². The quantitative estimate of drug-likeness (QED) is 0.527. The predicted molar refractivity (Wildman–Crippen MR) is 62.8 cm³/mol. The van der Waals surface area contributed by atoms with E-state index >= 15 is 0 Å². The number of hydrogen-bond acceptors (Lipinski definition) is 1. The molecule has 3 rings (SSSR count). The molecule has 0 amide bonds. The summed E-state index contributed by atoms with van der Waals surface area (Å²) >= 11 is 0.423. The van der Waals surface area contributed by atoms with Gasteiger partial charge in [0.25, 0.3) is 0 Å². The number of hydrogen-bond donors (Lipinski definition) is 0. The Bertz CT molecular complexity index is 524. The molecular weight excluding hydrogens is 251 g/mol. The number of carbonyl (C=O) groups is 1. The third-order valence-corrected chi connectivity index (χ3v) is 5.59. The number of Topliss-reactive ketones (excluding diaryl/α,β-unsaturated/α-hetero) is 1. The van der Waals surface area contributed by atoms with Crippen LogP contribution in [0, 0.1) is 0 Å². The molecule has 0 saturated carbocycles. The van der Waals surface area contributed by atoms with Gasteiger partial charge in [-0.1, -0.05) is 0 Å². The zero-order valence-electron chi connectivity index (χ0n) is 8.45. The Morgan fingerprint density at radius 1 is 1.07 bits per heavy atom. The van der Waals surface area contributed by atoms with E-state index in [0.717, 1.165) is 24.8 Å². The fourth-order valence-corrected chi connectivity index (χ4v) is 4.93. The summed E-state index contributed by atoms with van der Waals surface area (Å²) in [6.45, 7) is 0. The van der Waals surface area contributed by atoms with Crippen LogP contribution in [-0.2, 0) is 6.42 Å². The van der Waals surface area contributed by atoms with E-state index in [4.69, 9.17) is 0 Å². The fourth-order valence-electron chi connectivity index (χ4n) is 2.27. The third-order valence-electron chi connectivity index (χ3n) is 3.00. The van der Waals surface area contributed by atoms with Crippen molar-refractivity contribution in [3.63, 3.8) is 0 Å². The number of ketones is 1. The maximum atomic E-state index is 12.0. The molecule has 0 aliphatic heterocycles. The van der Waals surface area contributed by atoms with Gasteiger partial charge in [0.2, 0.25) is 0 Å². The molecule has 0 N–H and O–H groups in total. The molecule has 1 aromatic carbocycles. The Morgan fingerprint density at radius 3 is 2.80 bits per heavy atom. The second-order valence-corrected chi connectivity index (χ2v) is 6.41. The van der Waals surface area contributed by atoms with Gasteiger partial charge in [-0.15, -0.1) is 0 Å². The van der Waals surface area contributed by atoms with Crippen LogP contribution in [0.4, 0.5) is 0 Å². The second-order valence-electron chi connectivity index (χ2n) is 4.03. The first-order valence-electron chi connectivity index (χ1n) is 5.40. The van der Waals surface area contributed by atoms with E-state index in [1.54, 1.807) is 0 Å². The van der Waals surface area contributed by atoms with E-state index in [-0.39, 0.29) is 0 Å². The predicted octanol–water partition coefficient (Wildman–Crippen LogP) is 2.81. The van der Waals surface area contributed by atoms with E-state index in [2.05, 4.69) is 18.2 Å². The van der Waals surface area contributed by atoms with Gasteiger partial charge in [-0.25, -0.2) is 0 Å². The van der Waals surface area contributed by atoms with Crippen LogP contribution < -0.4 is 0 Å². The molecule has 2 heteroatoms. The first-order chi connectivity index (χ1) is 7.36. The number of benzene rings is 1. The molecule has 1 nitrogen and oxygen atoms in total. The SMILES string of the molecule is O=C1CCCCc2[se]c3ccccc3c21. The van der Waals surface area contributed by atoms with Crippen molar-refractivity contribution in [2.75, 3.05) is 0 Å². The molecule has 0 fully saturated rings. The van der Waals surface area contributed by atoms with E-state index in [0.29, 0.717) is 20.3 Å². The summed E-state index contributed by atoms with van der Waals surface area (Å²) < 4.78 is 2.86. The summed E-state index contributed by atoms with van der Waals surface area (Å²) in [4.78, 5) is 12.0. The second kappa shape index (κ2) is 3.62. The number of rotatable bonds is 0. The Hall–Kier alpha value is -0.851. The van der Waals surface area contributed by atoms with Crippen LogP contribution in [-0.4, -0.2) is 20.3 Å². The monoisotopic (exact) mass is 264 g/mol. The van der Waals surface area contributed by atoms with Gasteiger partial charge in [0.1, 0.15) is 0 Å². The first-order valence-corrected chi connectivity index (χ1v) is 7.11. The number of aryl methyl sites for hydroxylation is 1. The van der Waals surface area contributed by atoms with Crippen molar-refractivity contribution in [2.24, 2.45) is 0 Å². The average Bonchev–Trinajstić information content (AvgIpc) is 2.53. The first kappa shape index (κ1) is 9.38. The van der Waals surface area contributed by atoms with Gasteiger partial charge in [0.15, 0.2) is 0 Å². The number of fused-ring (bicyclic) bond motifs is 3. The van der Waals surface area contributed by atoms with Gasteiger partial charge < -0.3 is 0 Å². The van der Waals surface area contributed by atoms with Gasteiger partial charge in [0.05, 0.1) is 0 Å². The van der Waals surface area contributed by atoms with Crippen molar-refractivity contribution in [1.82, 2.24) is 0 Å². The van der Waals surface area contributed by atoms with E-state index in [1.807, 2.05) is 6.07 Å². The van der Waals surface area contributed by atoms with Gasteiger partial charge in [-0.05, 0) is 0 Å². The summed E-state index contributed by atoms with van der Waals surface area (Å²) in [6, 6.07) is 8.42. The normalized spacial score (nSPS) is 16.4. The summed E-state index contributed by atoms with van der Waals surface area (Å²) in [5, 5.41) is 1.24. The van der Waals surface area contributed by atoms with Crippen molar-refractivity contribution in [2.45, 2.75) is 25.7 Å². The average molecular weight is 263 g/mol. The molecule has 2 aromatic rings. The van der Waals surface area contributed by atoms with Crippen molar-refractivity contribution in [3.8, 4) is 0 Å². The zero-order chi connectivity index (χ0) is 10.3. The maximum absolute atomic E-state index is 12.0.